The van der Waals surface area contributed by atoms with Crippen molar-refractivity contribution in [3.05, 3.63) is 29.8 Å². The highest BCUT2D eigenvalue weighted by molar-refractivity contribution is 14.0. The lowest BCUT2D eigenvalue weighted by atomic mass is 10.2. The second kappa shape index (κ2) is 13.1. The molecule has 1 aromatic carbocycles. The van der Waals surface area contributed by atoms with Crippen molar-refractivity contribution in [1.29, 1.82) is 0 Å². The third-order valence-corrected chi connectivity index (χ3v) is 5.77. The van der Waals surface area contributed by atoms with E-state index in [9.17, 15) is 4.79 Å². The van der Waals surface area contributed by atoms with E-state index in [0.717, 1.165) is 36.9 Å². The molecule has 158 valence electrons. The molecule has 1 heterocycles. The SMILES string of the molecule is CCNC(=NCc1cccc(OCC(=O)N(C)C)c1)N1CCSC(CC)C1.I. The number of halogens is 1. The van der Waals surface area contributed by atoms with Crippen LogP contribution in [0.3, 0.4) is 0 Å². The van der Waals surface area contributed by atoms with Gasteiger partial charge in [0, 0.05) is 44.7 Å². The van der Waals surface area contributed by atoms with Crippen LogP contribution in [0.1, 0.15) is 25.8 Å². The van der Waals surface area contributed by atoms with Gasteiger partial charge in [-0.05, 0) is 31.0 Å². The first-order valence-corrected chi connectivity index (χ1v) is 10.6. The predicted molar refractivity (Wildman–Crippen MR) is 129 cm³/mol. The van der Waals surface area contributed by atoms with Gasteiger partial charge in [0.1, 0.15) is 5.75 Å². The van der Waals surface area contributed by atoms with Gasteiger partial charge in [0.05, 0.1) is 6.54 Å². The average molecular weight is 520 g/mol. The van der Waals surface area contributed by atoms with Gasteiger partial charge < -0.3 is 19.9 Å². The van der Waals surface area contributed by atoms with Gasteiger partial charge in [-0.3, -0.25) is 4.79 Å². The Morgan fingerprint density at radius 3 is 2.86 bits per heavy atom. The van der Waals surface area contributed by atoms with Gasteiger partial charge in [0.2, 0.25) is 0 Å². The zero-order chi connectivity index (χ0) is 19.6. The standard InChI is InChI=1S/C20H32N4O2S.HI/c1-5-18-14-24(10-11-27-18)20(21-6-2)22-13-16-8-7-9-17(12-16)26-15-19(25)23(3)4;/h7-9,12,18H,5-6,10-11,13-15H2,1-4H3,(H,21,22);1H. The summed E-state index contributed by atoms with van der Waals surface area (Å²) >= 11 is 2.06. The third-order valence-electron chi connectivity index (χ3n) is 4.40. The topological polar surface area (TPSA) is 57.2 Å². The molecule has 1 atom stereocenters. The Morgan fingerprint density at radius 2 is 2.18 bits per heavy atom. The van der Waals surface area contributed by atoms with Crippen LogP contribution >= 0.6 is 35.7 Å². The monoisotopic (exact) mass is 520 g/mol. The lowest BCUT2D eigenvalue weighted by molar-refractivity contribution is -0.130. The van der Waals surface area contributed by atoms with Gasteiger partial charge in [0.15, 0.2) is 12.6 Å². The minimum Gasteiger partial charge on any atom is -0.484 e. The number of likely N-dealkylation sites (N-methyl/N-ethyl adjacent to an activating group) is 1. The fourth-order valence-corrected chi connectivity index (χ4v) is 3.94. The molecule has 0 radical (unpaired) electrons. The molecule has 0 bridgehead atoms. The zero-order valence-electron chi connectivity index (χ0n) is 17.3. The molecule has 0 aliphatic carbocycles. The molecule has 1 fully saturated rings. The summed E-state index contributed by atoms with van der Waals surface area (Å²) in [6.07, 6.45) is 1.19. The van der Waals surface area contributed by atoms with Gasteiger partial charge in [-0.1, -0.05) is 19.1 Å². The molecule has 2 rings (SSSR count). The molecule has 1 unspecified atom stereocenters. The second-order valence-corrected chi connectivity index (χ2v) is 8.15. The van der Waals surface area contributed by atoms with Crippen LogP contribution in [0.2, 0.25) is 0 Å². The molecule has 8 heteroatoms. The Labute approximate surface area is 190 Å². The number of amides is 1. The largest absolute Gasteiger partial charge is 0.484 e. The highest BCUT2D eigenvalue weighted by Crippen LogP contribution is 2.21. The third kappa shape index (κ3) is 8.06. The molecular weight excluding hydrogens is 487 g/mol. The van der Waals surface area contributed by atoms with Crippen molar-refractivity contribution >= 4 is 47.6 Å². The van der Waals surface area contributed by atoms with Gasteiger partial charge in [-0.2, -0.15) is 11.8 Å². The van der Waals surface area contributed by atoms with Gasteiger partial charge >= 0.3 is 0 Å². The molecule has 1 saturated heterocycles. The van der Waals surface area contributed by atoms with E-state index < -0.39 is 0 Å². The lowest BCUT2D eigenvalue weighted by Crippen LogP contribution is -2.48. The number of carbonyl (C=O) groups is 1. The quantitative estimate of drug-likeness (QED) is 0.340. The number of ether oxygens (including phenoxy) is 1. The van der Waals surface area contributed by atoms with Crippen LogP contribution < -0.4 is 10.1 Å². The van der Waals surface area contributed by atoms with Crippen molar-refractivity contribution in [1.82, 2.24) is 15.1 Å². The molecule has 0 saturated carbocycles. The van der Waals surface area contributed by atoms with Crippen molar-refractivity contribution in [2.45, 2.75) is 32.1 Å². The number of nitrogens with one attached hydrogen (secondary N) is 1. The molecule has 1 aromatic rings. The van der Waals surface area contributed by atoms with Gasteiger partial charge in [-0.25, -0.2) is 4.99 Å². The highest BCUT2D eigenvalue weighted by Gasteiger charge is 2.21. The number of hydrogen-bond donors (Lipinski definition) is 1. The van der Waals surface area contributed by atoms with Crippen LogP contribution in [0.4, 0.5) is 0 Å². The van der Waals surface area contributed by atoms with Crippen molar-refractivity contribution < 1.29 is 9.53 Å². The number of thioether (sulfide) groups is 1. The van der Waals surface area contributed by atoms with Crippen molar-refractivity contribution in [2.75, 3.05) is 46.1 Å². The summed E-state index contributed by atoms with van der Waals surface area (Å²) in [6.45, 7) is 7.91. The number of benzene rings is 1. The second-order valence-electron chi connectivity index (χ2n) is 6.74. The van der Waals surface area contributed by atoms with E-state index in [1.807, 2.05) is 24.3 Å². The highest BCUT2D eigenvalue weighted by atomic mass is 127. The first kappa shape index (κ1) is 24.9. The van der Waals surface area contributed by atoms with Crippen LogP contribution in [0, 0.1) is 0 Å². The maximum Gasteiger partial charge on any atom is 0.259 e. The zero-order valence-corrected chi connectivity index (χ0v) is 20.5. The number of guanidine groups is 1. The summed E-state index contributed by atoms with van der Waals surface area (Å²) in [5, 5.41) is 4.09. The van der Waals surface area contributed by atoms with E-state index >= 15 is 0 Å². The fourth-order valence-electron chi connectivity index (χ4n) is 2.76. The van der Waals surface area contributed by atoms with E-state index in [-0.39, 0.29) is 36.5 Å². The predicted octanol–water partition coefficient (Wildman–Crippen LogP) is 3.06. The molecule has 1 amide bonds. The molecule has 1 aliphatic rings. The summed E-state index contributed by atoms with van der Waals surface area (Å²) in [7, 11) is 3.45. The number of nitrogens with zero attached hydrogens (tertiary/aromatic N) is 3. The van der Waals surface area contributed by atoms with E-state index in [1.165, 1.54) is 11.3 Å². The Morgan fingerprint density at radius 1 is 1.39 bits per heavy atom. The Hall–Kier alpha value is -1.16. The minimum atomic E-state index is -0.0543. The minimum absolute atomic E-state index is 0. The van der Waals surface area contributed by atoms with Crippen LogP contribution in [0.25, 0.3) is 0 Å². The molecule has 1 aliphatic heterocycles. The van der Waals surface area contributed by atoms with E-state index in [4.69, 9.17) is 9.73 Å². The summed E-state index contributed by atoms with van der Waals surface area (Å²) in [6, 6.07) is 7.80. The Kier molecular flexibility index (Phi) is 11.7. The number of hydrogen-bond acceptors (Lipinski definition) is 4. The molecule has 1 N–H and O–H groups in total. The van der Waals surface area contributed by atoms with Crippen LogP contribution in [0.5, 0.6) is 5.75 Å². The summed E-state index contributed by atoms with van der Waals surface area (Å²) < 4.78 is 5.60. The number of aliphatic imine (C=N–C) groups is 1. The molecular formula is C20H33IN4O2S. The van der Waals surface area contributed by atoms with Crippen LogP contribution in [-0.2, 0) is 11.3 Å². The first-order chi connectivity index (χ1) is 13.0. The number of carbonyl (C=O) groups excluding carboxylic acids is 1. The molecule has 0 spiro atoms. The maximum absolute atomic E-state index is 11.7. The average Bonchev–Trinajstić information content (AvgIpc) is 2.69. The molecule has 0 aromatic heterocycles. The normalized spacial score (nSPS) is 16.9. The Balaban J connectivity index is 0.00000392. The van der Waals surface area contributed by atoms with Crippen LogP contribution in [-0.4, -0.2) is 73.0 Å². The molecule has 6 nitrogen and oxygen atoms in total. The fraction of sp³-hybridized carbons (Fsp3) is 0.600. The van der Waals surface area contributed by atoms with E-state index in [1.54, 1.807) is 14.1 Å². The van der Waals surface area contributed by atoms with Crippen molar-refractivity contribution in [3.8, 4) is 5.75 Å². The van der Waals surface area contributed by atoms with Crippen LogP contribution in [0.15, 0.2) is 29.3 Å². The van der Waals surface area contributed by atoms with Crippen molar-refractivity contribution in [2.24, 2.45) is 4.99 Å². The van der Waals surface area contributed by atoms with Gasteiger partial charge in [-0.15, -0.1) is 24.0 Å². The summed E-state index contributed by atoms with van der Waals surface area (Å²) in [4.78, 5) is 20.4. The lowest BCUT2D eigenvalue weighted by Gasteiger charge is -2.34. The van der Waals surface area contributed by atoms with E-state index in [2.05, 4.69) is 35.8 Å². The summed E-state index contributed by atoms with van der Waals surface area (Å²) in [5.74, 6) is 2.77. The first-order valence-electron chi connectivity index (χ1n) is 9.60. The molecule has 28 heavy (non-hydrogen) atoms. The maximum atomic E-state index is 11.7. The summed E-state index contributed by atoms with van der Waals surface area (Å²) in [5.41, 5.74) is 1.07. The van der Waals surface area contributed by atoms with Crippen molar-refractivity contribution in [3.63, 3.8) is 0 Å². The Bertz CT molecular complexity index is 642. The smallest absolute Gasteiger partial charge is 0.259 e. The van der Waals surface area contributed by atoms with Gasteiger partial charge in [0.25, 0.3) is 5.91 Å². The van der Waals surface area contributed by atoms with E-state index in [0.29, 0.717) is 17.5 Å². The number of rotatable bonds is 7.